The van der Waals surface area contributed by atoms with Crippen LogP contribution in [0, 0.1) is 0 Å². The number of nitrogens with one attached hydrogen (secondary N) is 1. The molecule has 1 saturated heterocycles. The maximum Gasteiger partial charge on any atom is 0.328 e. The Morgan fingerprint density at radius 2 is 1.86 bits per heavy atom. The van der Waals surface area contributed by atoms with Crippen molar-refractivity contribution in [3.63, 3.8) is 0 Å². The normalized spacial score (nSPS) is 18.0. The van der Waals surface area contributed by atoms with Gasteiger partial charge in [-0.15, -0.1) is 0 Å². The molecule has 2 heterocycles. The largest absolute Gasteiger partial charge is 0.424 e. The maximum atomic E-state index is 11.9. The molecule has 3 rings (SSSR count). The summed E-state index contributed by atoms with van der Waals surface area (Å²) in [6.45, 7) is 1.80. The standard InChI is InChI=1S/C15H14N4O3/c1-10-7-13(20)18-15(21)19(10)11-8-16-14(17-9-11)22-12-5-3-2-4-6-12/h2-6,8-10H,7H2,1H3,(H,18,20,21). The lowest BCUT2D eigenvalue weighted by molar-refractivity contribution is -0.120. The van der Waals surface area contributed by atoms with Gasteiger partial charge in [0.2, 0.25) is 5.91 Å². The van der Waals surface area contributed by atoms with Gasteiger partial charge in [0.1, 0.15) is 5.75 Å². The topological polar surface area (TPSA) is 84.4 Å². The van der Waals surface area contributed by atoms with Gasteiger partial charge in [-0.05, 0) is 19.1 Å². The predicted octanol–water partition coefficient (Wildman–Crippen LogP) is 2.10. The number of anilines is 1. The quantitative estimate of drug-likeness (QED) is 0.938. The number of carbonyl (C=O) groups excluding carboxylic acids is 2. The third kappa shape index (κ3) is 2.88. The molecule has 0 aliphatic carbocycles. The Morgan fingerprint density at radius 3 is 2.50 bits per heavy atom. The molecule has 1 aromatic heterocycles. The zero-order chi connectivity index (χ0) is 15.5. The van der Waals surface area contributed by atoms with E-state index in [-0.39, 0.29) is 24.4 Å². The van der Waals surface area contributed by atoms with Gasteiger partial charge in [0.15, 0.2) is 0 Å². The molecule has 1 atom stereocenters. The SMILES string of the molecule is CC1CC(=O)NC(=O)N1c1cnc(Oc2ccccc2)nc1. The molecular formula is C15H14N4O3. The van der Waals surface area contributed by atoms with Crippen LogP contribution < -0.4 is 15.0 Å². The van der Waals surface area contributed by atoms with E-state index < -0.39 is 6.03 Å². The summed E-state index contributed by atoms with van der Waals surface area (Å²) in [5.41, 5.74) is 0.512. The van der Waals surface area contributed by atoms with Gasteiger partial charge in [-0.25, -0.2) is 14.8 Å². The summed E-state index contributed by atoms with van der Waals surface area (Å²) in [7, 11) is 0. The predicted molar refractivity (Wildman–Crippen MR) is 78.6 cm³/mol. The number of carbonyl (C=O) groups is 2. The number of hydrogen-bond acceptors (Lipinski definition) is 5. The van der Waals surface area contributed by atoms with E-state index in [2.05, 4.69) is 15.3 Å². The molecule has 1 fully saturated rings. The molecule has 1 aliphatic heterocycles. The van der Waals surface area contributed by atoms with Gasteiger partial charge < -0.3 is 4.74 Å². The van der Waals surface area contributed by atoms with Gasteiger partial charge in [-0.2, -0.15) is 0 Å². The van der Waals surface area contributed by atoms with Crippen LogP contribution in [0.25, 0.3) is 0 Å². The highest BCUT2D eigenvalue weighted by molar-refractivity contribution is 6.06. The molecule has 0 radical (unpaired) electrons. The Labute approximate surface area is 126 Å². The number of nitrogens with zero attached hydrogens (tertiary/aromatic N) is 3. The van der Waals surface area contributed by atoms with Crippen LogP contribution >= 0.6 is 0 Å². The fourth-order valence-electron chi connectivity index (χ4n) is 2.24. The number of imide groups is 1. The number of ether oxygens (including phenoxy) is 1. The van der Waals surface area contributed by atoms with E-state index in [1.165, 1.54) is 17.3 Å². The molecule has 2 aromatic rings. The molecule has 0 spiro atoms. The number of amides is 3. The first-order valence-electron chi connectivity index (χ1n) is 6.81. The minimum Gasteiger partial charge on any atom is -0.424 e. The van der Waals surface area contributed by atoms with Crippen LogP contribution in [0.3, 0.4) is 0 Å². The van der Waals surface area contributed by atoms with Gasteiger partial charge in [-0.3, -0.25) is 15.0 Å². The Bertz CT molecular complexity index is 688. The fraction of sp³-hybridized carbons (Fsp3) is 0.200. The molecule has 1 aromatic carbocycles. The third-order valence-corrected chi connectivity index (χ3v) is 3.23. The summed E-state index contributed by atoms with van der Waals surface area (Å²) < 4.78 is 5.50. The fourth-order valence-corrected chi connectivity index (χ4v) is 2.24. The Morgan fingerprint density at radius 1 is 1.18 bits per heavy atom. The highest BCUT2D eigenvalue weighted by Gasteiger charge is 2.31. The first-order chi connectivity index (χ1) is 10.6. The van der Waals surface area contributed by atoms with Crippen molar-refractivity contribution in [3.05, 3.63) is 42.7 Å². The molecule has 3 amide bonds. The van der Waals surface area contributed by atoms with Crippen molar-refractivity contribution in [2.24, 2.45) is 0 Å². The summed E-state index contributed by atoms with van der Waals surface area (Å²) in [6.07, 6.45) is 3.24. The second kappa shape index (κ2) is 5.80. The molecule has 22 heavy (non-hydrogen) atoms. The summed E-state index contributed by atoms with van der Waals surface area (Å²) in [5, 5.41) is 2.27. The molecule has 112 valence electrons. The van der Waals surface area contributed by atoms with Crippen molar-refractivity contribution < 1.29 is 14.3 Å². The lowest BCUT2D eigenvalue weighted by atomic mass is 10.1. The summed E-state index contributed by atoms with van der Waals surface area (Å²) in [6, 6.07) is 8.65. The second-order valence-corrected chi connectivity index (χ2v) is 4.92. The lowest BCUT2D eigenvalue weighted by Crippen LogP contribution is -2.54. The van der Waals surface area contributed by atoms with Gasteiger partial charge >= 0.3 is 12.0 Å². The van der Waals surface area contributed by atoms with Crippen molar-refractivity contribution >= 4 is 17.6 Å². The highest BCUT2D eigenvalue weighted by atomic mass is 16.5. The number of rotatable bonds is 3. The number of hydrogen-bond donors (Lipinski definition) is 1. The average Bonchev–Trinajstić information content (AvgIpc) is 2.49. The second-order valence-electron chi connectivity index (χ2n) is 4.92. The van der Waals surface area contributed by atoms with E-state index >= 15 is 0 Å². The number of aromatic nitrogens is 2. The molecule has 1 aliphatic rings. The van der Waals surface area contributed by atoms with Crippen LogP contribution in [0.4, 0.5) is 10.5 Å². The number of benzene rings is 1. The summed E-state index contributed by atoms with van der Waals surface area (Å²) >= 11 is 0. The number of urea groups is 1. The summed E-state index contributed by atoms with van der Waals surface area (Å²) in [4.78, 5) is 32.9. The Hall–Kier alpha value is -2.96. The summed E-state index contributed by atoms with van der Waals surface area (Å²) in [5.74, 6) is 0.351. The first kappa shape index (κ1) is 14.0. The Balaban J connectivity index is 1.76. The van der Waals surface area contributed by atoms with Crippen LogP contribution in [-0.2, 0) is 4.79 Å². The molecule has 0 bridgehead atoms. The van der Waals surface area contributed by atoms with Gasteiger partial charge in [0.05, 0.1) is 18.1 Å². The molecule has 7 heteroatoms. The molecule has 7 nitrogen and oxygen atoms in total. The lowest BCUT2D eigenvalue weighted by Gasteiger charge is -2.32. The number of para-hydroxylation sites is 1. The maximum absolute atomic E-state index is 11.9. The molecule has 1 unspecified atom stereocenters. The third-order valence-electron chi connectivity index (χ3n) is 3.23. The van der Waals surface area contributed by atoms with Crippen LogP contribution in [0.15, 0.2) is 42.7 Å². The minimum atomic E-state index is -0.468. The van der Waals surface area contributed by atoms with Gasteiger partial charge in [0.25, 0.3) is 0 Å². The van der Waals surface area contributed by atoms with Crippen LogP contribution in [0.5, 0.6) is 11.8 Å². The highest BCUT2D eigenvalue weighted by Crippen LogP contribution is 2.22. The van der Waals surface area contributed by atoms with Crippen molar-refractivity contribution in [3.8, 4) is 11.8 Å². The smallest absolute Gasteiger partial charge is 0.328 e. The minimum absolute atomic E-state index is 0.191. The zero-order valence-electron chi connectivity index (χ0n) is 11.9. The van der Waals surface area contributed by atoms with E-state index in [0.717, 1.165) is 0 Å². The molecule has 1 N–H and O–H groups in total. The van der Waals surface area contributed by atoms with E-state index in [4.69, 9.17) is 4.74 Å². The van der Waals surface area contributed by atoms with Crippen molar-refractivity contribution in [2.45, 2.75) is 19.4 Å². The van der Waals surface area contributed by atoms with Crippen molar-refractivity contribution in [1.29, 1.82) is 0 Å². The van der Waals surface area contributed by atoms with Crippen LogP contribution in [-0.4, -0.2) is 27.9 Å². The van der Waals surface area contributed by atoms with Crippen molar-refractivity contribution in [2.75, 3.05) is 4.90 Å². The van der Waals surface area contributed by atoms with Crippen molar-refractivity contribution in [1.82, 2.24) is 15.3 Å². The first-order valence-corrected chi connectivity index (χ1v) is 6.81. The Kier molecular flexibility index (Phi) is 3.69. The average molecular weight is 298 g/mol. The monoisotopic (exact) mass is 298 g/mol. The van der Waals surface area contributed by atoms with E-state index in [0.29, 0.717) is 11.4 Å². The van der Waals surface area contributed by atoms with E-state index in [1.54, 1.807) is 19.1 Å². The molecule has 0 saturated carbocycles. The zero-order valence-corrected chi connectivity index (χ0v) is 11.9. The van der Waals surface area contributed by atoms with E-state index in [1.807, 2.05) is 18.2 Å². The molecular weight excluding hydrogens is 284 g/mol. The van der Waals surface area contributed by atoms with E-state index in [9.17, 15) is 9.59 Å². The van der Waals surface area contributed by atoms with Gasteiger partial charge in [-0.1, -0.05) is 18.2 Å². The van der Waals surface area contributed by atoms with Crippen LogP contribution in [0.2, 0.25) is 0 Å². The van der Waals surface area contributed by atoms with Crippen LogP contribution in [0.1, 0.15) is 13.3 Å². The van der Waals surface area contributed by atoms with Gasteiger partial charge in [0, 0.05) is 12.5 Å².